The lowest BCUT2D eigenvalue weighted by Crippen LogP contribution is -2.40. The van der Waals surface area contributed by atoms with E-state index in [-0.39, 0.29) is 6.10 Å². The molecule has 1 aliphatic heterocycles. The highest BCUT2D eigenvalue weighted by Gasteiger charge is 2.15. The van der Waals surface area contributed by atoms with Crippen LogP contribution in [0.5, 0.6) is 11.5 Å². The van der Waals surface area contributed by atoms with Crippen LogP contribution in [0.2, 0.25) is 0 Å². The number of ether oxygens (including phenoxy) is 3. The van der Waals surface area contributed by atoms with Crippen LogP contribution < -0.4 is 20.1 Å². The minimum Gasteiger partial charge on any atom is -0.493 e. The van der Waals surface area contributed by atoms with Gasteiger partial charge in [0.05, 0.1) is 24.8 Å². The summed E-state index contributed by atoms with van der Waals surface area (Å²) < 4.78 is 17.1. The largest absolute Gasteiger partial charge is 0.493 e. The number of halogens is 1. The Labute approximate surface area is 145 Å². The van der Waals surface area contributed by atoms with Gasteiger partial charge in [0.25, 0.3) is 0 Å². The Morgan fingerprint density at radius 3 is 2.78 bits per heavy atom. The molecule has 2 rings (SSSR count). The summed E-state index contributed by atoms with van der Waals surface area (Å²) in [6.07, 6.45) is 2.52. The molecule has 1 atom stereocenters. The Morgan fingerprint density at radius 1 is 1.35 bits per heavy atom. The highest BCUT2D eigenvalue weighted by atomic mass is 79.9. The molecule has 1 unspecified atom stereocenters. The molecule has 23 heavy (non-hydrogen) atoms. The number of nitrogens with zero attached hydrogens (tertiary/aromatic N) is 1. The van der Waals surface area contributed by atoms with Crippen LogP contribution in [0.25, 0.3) is 0 Å². The fourth-order valence-electron chi connectivity index (χ4n) is 2.50. The van der Waals surface area contributed by atoms with Gasteiger partial charge in [-0.25, -0.2) is 0 Å². The number of benzene rings is 1. The zero-order valence-electron chi connectivity index (χ0n) is 13.8. The molecule has 0 saturated carbocycles. The van der Waals surface area contributed by atoms with Crippen LogP contribution in [-0.4, -0.2) is 46.5 Å². The van der Waals surface area contributed by atoms with Crippen LogP contribution in [0.4, 0.5) is 0 Å². The molecule has 0 bridgehead atoms. The van der Waals surface area contributed by atoms with Crippen LogP contribution in [0.3, 0.4) is 0 Å². The lowest BCUT2D eigenvalue weighted by molar-refractivity contribution is 0.114. The maximum atomic E-state index is 5.60. The van der Waals surface area contributed by atoms with Crippen molar-refractivity contribution in [3.8, 4) is 11.5 Å². The maximum absolute atomic E-state index is 5.60. The second-order valence-corrected chi connectivity index (χ2v) is 6.11. The van der Waals surface area contributed by atoms with Gasteiger partial charge in [0.1, 0.15) is 0 Å². The standard InChI is InChI=1S/C16H24BrN3O3/c1-18-16(20-10-12-5-4-6-23-12)19-9-11-7-13(17)15(22-3)14(8-11)21-2/h7-8,12H,4-6,9-10H2,1-3H3,(H2,18,19,20). The second-order valence-electron chi connectivity index (χ2n) is 5.25. The Kier molecular flexibility index (Phi) is 6.98. The number of guanidine groups is 1. The molecular formula is C16H24BrN3O3. The van der Waals surface area contributed by atoms with E-state index >= 15 is 0 Å². The molecule has 1 saturated heterocycles. The Balaban J connectivity index is 1.91. The topological polar surface area (TPSA) is 64.1 Å². The minimum atomic E-state index is 0.281. The van der Waals surface area contributed by atoms with Gasteiger partial charge in [0, 0.05) is 26.7 Å². The van der Waals surface area contributed by atoms with Crippen molar-refractivity contribution in [2.24, 2.45) is 4.99 Å². The van der Waals surface area contributed by atoms with E-state index in [0.29, 0.717) is 18.0 Å². The molecule has 7 heteroatoms. The first-order chi connectivity index (χ1) is 11.2. The highest BCUT2D eigenvalue weighted by molar-refractivity contribution is 9.10. The van der Waals surface area contributed by atoms with E-state index in [4.69, 9.17) is 14.2 Å². The monoisotopic (exact) mass is 385 g/mol. The van der Waals surface area contributed by atoms with Gasteiger partial charge in [0.2, 0.25) is 0 Å². The average Bonchev–Trinajstić information content (AvgIpc) is 3.07. The van der Waals surface area contributed by atoms with Gasteiger partial charge >= 0.3 is 0 Å². The van der Waals surface area contributed by atoms with Gasteiger partial charge in [-0.2, -0.15) is 0 Å². The van der Waals surface area contributed by atoms with Crippen molar-refractivity contribution in [2.45, 2.75) is 25.5 Å². The molecule has 0 aromatic heterocycles. The molecule has 1 fully saturated rings. The van der Waals surface area contributed by atoms with Crippen molar-refractivity contribution >= 4 is 21.9 Å². The molecular weight excluding hydrogens is 362 g/mol. The first-order valence-electron chi connectivity index (χ1n) is 7.64. The molecule has 1 aromatic rings. The van der Waals surface area contributed by atoms with Crippen molar-refractivity contribution in [1.82, 2.24) is 10.6 Å². The third kappa shape index (κ3) is 5.00. The zero-order chi connectivity index (χ0) is 16.7. The van der Waals surface area contributed by atoms with E-state index in [9.17, 15) is 0 Å². The third-order valence-corrected chi connectivity index (χ3v) is 4.29. The molecule has 1 aliphatic rings. The molecule has 1 heterocycles. The van der Waals surface area contributed by atoms with Crippen LogP contribution in [-0.2, 0) is 11.3 Å². The van der Waals surface area contributed by atoms with Gasteiger partial charge in [-0.1, -0.05) is 0 Å². The molecule has 6 nitrogen and oxygen atoms in total. The predicted octanol–water partition coefficient (Wildman–Crippen LogP) is 2.31. The fraction of sp³-hybridized carbons (Fsp3) is 0.562. The second kappa shape index (κ2) is 8.98. The van der Waals surface area contributed by atoms with Crippen LogP contribution in [0.15, 0.2) is 21.6 Å². The maximum Gasteiger partial charge on any atom is 0.191 e. The van der Waals surface area contributed by atoms with E-state index in [1.807, 2.05) is 12.1 Å². The normalized spacial score (nSPS) is 17.9. The predicted molar refractivity (Wildman–Crippen MR) is 94.4 cm³/mol. The average molecular weight is 386 g/mol. The summed E-state index contributed by atoms with van der Waals surface area (Å²) in [5.41, 5.74) is 1.06. The van der Waals surface area contributed by atoms with Crippen LogP contribution >= 0.6 is 15.9 Å². The van der Waals surface area contributed by atoms with Crippen molar-refractivity contribution in [2.75, 3.05) is 34.4 Å². The van der Waals surface area contributed by atoms with E-state index in [0.717, 1.165) is 42.0 Å². The van der Waals surface area contributed by atoms with Gasteiger partial charge in [-0.05, 0) is 46.5 Å². The zero-order valence-corrected chi connectivity index (χ0v) is 15.4. The number of hydrogen-bond acceptors (Lipinski definition) is 4. The van der Waals surface area contributed by atoms with Crippen LogP contribution in [0, 0.1) is 0 Å². The third-order valence-electron chi connectivity index (χ3n) is 3.70. The molecule has 0 aliphatic carbocycles. The first kappa shape index (κ1) is 17.9. The Bertz CT molecular complexity index is 546. The van der Waals surface area contributed by atoms with Gasteiger partial charge in [-0.15, -0.1) is 0 Å². The summed E-state index contributed by atoms with van der Waals surface area (Å²) in [5, 5.41) is 6.59. The number of aliphatic imine (C=N–C) groups is 1. The summed E-state index contributed by atoms with van der Waals surface area (Å²) in [6.45, 7) is 2.26. The summed E-state index contributed by atoms with van der Waals surface area (Å²) in [6, 6.07) is 3.95. The molecule has 0 amide bonds. The summed E-state index contributed by atoms with van der Waals surface area (Å²) in [5.74, 6) is 2.14. The Hall–Kier alpha value is -1.47. The number of methoxy groups -OCH3 is 2. The summed E-state index contributed by atoms with van der Waals surface area (Å²) in [4.78, 5) is 4.23. The highest BCUT2D eigenvalue weighted by Crippen LogP contribution is 2.36. The molecule has 128 valence electrons. The molecule has 1 aromatic carbocycles. The van der Waals surface area contributed by atoms with E-state index < -0.39 is 0 Å². The quantitative estimate of drug-likeness (QED) is 0.580. The first-order valence-corrected chi connectivity index (χ1v) is 8.43. The SMILES string of the molecule is CN=C(NCc1cc(Br)c(OC)c(OC)c1)NCC1CCCO1. The van der Waals surface area contributed by atoms with E-state index in [2.05, 4.69) is 31.6 Å². The molecule has 2 N–H and O–H groups in total. The lowest BCUT2D eigenvalue weighted by Gasteiger charge is -2.16. The number of rotatable bonds is 6. The van der Waals surface area contributed by atoms with E-state index in [1.54, 1.807) is 21.3 Å². The lowest BCUT2D eigenvalue weighted by atomic mass is 10.2. The van der Waals surface area contributed by atoms with Crippen molar-refractivity contribution in [3.05, 3.63) is 22.2 Å². The minimum absolute atomic E-state index is 0.281. The summed E-state index contributed by atoms with van der Waals surface area (Å²) >= 11 is 3.50. The van der Waals surface area contributed by atoms with Crippen LogP contribution in [0.1, 0.15) is 18.4 Å². The number of nitrogens with one attached hydrogen (secondary N) is 2. The van der Waals surface area contributed by atoms with Crippen molar-refractivity contribution in [3.63, 3.8) is 0 Å². The van der Waals surface area contributed by atoms with Crippen molar-refractivity contribution in [1.29, 1.82) is 0 Å². The number of hydrogen-bond donors (Lipinski definition) is 2. The van der Waals surface area contributed by atoms with Gasteiger partial charge in [-0.3, -0.25) is 4.99 Å². The molecule has 0 spiro atoms. The smallest absolute Gasteiger partial charge is 0.191 e. The fourth-order valence-corrected chi connectivity index (χ4v) is 3.15. The van der Waals surface area contributed by atoms with Crippen molar-refractivity contribution < 1.29 is 14.2 Å². The van der Waals surface area contributed by atoms with Gasteiger partial charge in [0.15, 0.2) is 17.5 Å². The Morgan fingerprint density at radius 2 is 2.17 bits per heavy atom. The summed E-state index contributed by atoms with van der Waals surface area (Å²) in [7, 11) is 5.01. The van der Waals surface area contributed by atoms with Gasteiger partial charge < -0.3 is 24.8 Å². The molecule has 0 radical (unpaired) electrons. The van der Waals surface area contributed by atoms with E-state index in [1.165, 1.54) is 0 Å².